The van der Waals surface area contributed by atoms with E-state index < -0.39 is 60.5 Å². The number of carboxylic acids is 4. The molecule has 0 saturated heterocycles. The van der Waals surface area contributed by atoms with Gasteiger partial charge in [0.1, 0.15) is 12.1 Å². The van der Waals surface area contributed by atoms with Crippen molar-refractivity contribution in [3.63, 3.8) is 0 Å². The maximum absolute atomic E-state index is 10.2. The van der Waals surface area contributed by atoms with E-state index in [1.807, 2.05) is 0 Å². The van der Waals surface area contributed by atoms with Crippen LogP contribution in [0.1, 0.15) is 32.1 Å². The fraction of sp³-hybridized carbons (Fsp3) is 0.625. The van der Waals surface area contributed by atoms with Crippen molar-refractivity contribution in [2.45, 2.75) is 50.3 Å². The van der Waals surface area contributed by atoms with E-state index in [4.69, 9.17) is 48.5 Å². The predicted molar refractivity (Wildman–Crippen MR) is 111 cm³/mol. The molecule has 3 atom stereocenters. The molecule has 0 saturated carbocycles. The molecule has 15 N–H and O–H groups in total. The quantitative estimate of drug-likeness (QED) is 0.114. The monoisotopic (exact) mass is 484 g/mol. The first kappa shape index (κ1) is 33.9. The molecule has 192 valence electrons. The number of hydrogen-bond donors (Lipinski definition) is 11. The molecule has 0 radical (unpaired) electrons. The molecule has 4 amide bonds. The van der Waals surface area contributed by atoms with Crippen molar-refractivity contribution in [3.05, 3.63) is 0 Å². The first-order valence-corrected chi connectivity index (χ1v) is 9.27. The molecule has 33 heavy (non-hydrogen) atoms. The minimum atomic E-state index is -1.79. The fourth-order valence-electron chi connectivity index (χ4n) is 1.57. The van der Waals surface area contributed by atoms with Gasteiger partial charge in [-0.2, -0.15) is 0 Å². The van der Waals surface area contributed by atoms with Crippen LogP contribution in [0.4, 0.5) is 9.59 Å². The van der Waals surface area contributed by atoms with E-state index in [1.54, 1.807) is 0 Å². The molecule has 0 aliphatic heterocycles. The molecule has 0 fully saturated rings. The third-order valence-corrected chi connectivity index (χ3v) is 3.27. The third-order valence-electron chi connectivity index (χ3n) is 3.27. The van der Waals surface area contributed by atoms with Crippen LogP contribution in [0.3, 0.4) is 0 Å². The number of hydrogen-bond acceptors (Lipinski definition) is 9. The number of aliphatic hydroxyl groups excluding tert-OH is 1. The van der Waals surface area contributed by atoms with Crippen LogP contribution in [0.2, 0.25) is 0 Å². The second-order valence-electron chi connectivity index (χ2n) is 6.21. The van der Waals surface area contributed by atoms with Gasteiger partial charge in [0.15, 0.2) is 6.10 Å². The molecule has 0 bridgehead atoms. The van der Waals surface area contributed by atoms with Gasteiger partial charge in [0.05, 0.1) is 6.42 Å². The van der Waals surface area contributed by atoms with Crippen molar-refractivity contribution < 1.29 is 54.3 Å². The Kier molecular flexibility index (Phi) is 20.8. The Morgan fingerprint density at radius 2 is 1.00 bits per heavy atom. The number of primary amides is 2. The van der Waals surface area contributed by atoms with Crippen molar-refractivity contribution in [1.82, 2.24) is 10.6 Å². The van der Waals surface area contributed by atoms with Gasteiger partial charge in [0, 0.05) is 13.1 Å². The van der Waals surface area contributed by atoms with Gasteiger partial charge in [0.2, 0.25) is 0 Å². The molecule has 0 aromatic rings. The molecule has 0 aromatic carbocycles. The van der Waals surface area contributed by atoms with E-state index in [9.17, 15) is 28.8 Å². The Bertz CT molecular complexity index is 608. The summed E-state index contributed by atoms with van der Waals surface area (Å²) in [5.41, 5.74) is 19.9. The number of aliphatic carboxylic acids is 4. The number of nitrogens with two attached hydrogens (primary N) is 4. The van der Waals surface area contributed by atoms with E-state index in [1.165, 1.54) is 0 Å². The Hall–Kier alpha value is -3.70. The summed E-state index contributed by atoms with van der Waals surface area (Å²) in [6, 6.07) is -2.95. The topological polar surface area (TPSA) is 332 Å². The highest BCUT2D eigenvalue weighted by Gasteiger charge is 2.16. The first-order chi connectivity index (χ1) is 15.1. The van der Waals surface area contributed by atoms with Crippen LogP contribution in [0.15, 0.2) is 0 Å². The first-order valence-electron chi connectivity index (χ1n) is 9.27. The van der Waals surface area contributed by atoms with Crippen LogP contribution in [-0.4, -0.2) is 92.7 Å². The van der Waals surface area contributed by atoms with Crippen LogP contribution < -0.4 is 33.6 Å². The van der Waals surface area contributed by atoms with E-state index >= 15 is 0 Å². The van der Waals surface area contributed by atoms with Crippen LogP contribution in [-0.2, 0) is 19.2 Å². The summed E-state index contributed by atoms with van der Waals surface area (Å²) in [7, 11) is 0. The minimum Gasteiger partial charge on any atom is -0.481 e. The number of nitrogens with one attached hydrogen (secondary N) is 2. The van der Waals surface area contributed by atoms with Crippen molar-refractivity contribution in [3.8, 4) is 0 Å². The molecule has 17 heteroatoms. The SMILES string of the molecule is NC(=O)NCCC[C@H](N)C(=O)O.NC(=O)NCCC[C@H](N)C(=O)O.O=C(O)CC(O)C(=O)O. The average Bonchev–Trinajstić information content (AvgIpc) is 2.68. The molecule has 0 heterocycles. The van der Waals surface area contributed by atoms with E-state index in [2.05, 4.69) is 10.6 Å². The minimum absolute atomic E-state index is 0.329. The number of carboxylic acid groups (broad SMARTS) is 4. The molecule has 1 unspecified atom stereocenters. The Balaban J connectivity index is -0.000000414. The number of carbonyl (C=O) groups excluding carboxylic acids is 2. The van der Waals surface area contributed by atoms with Crippen molar-refractivity contribution in [2.75, 3.05) is 13.1 Å². The summed E-state index contributed by atoms with van der Waals surface area (Å²) in [6.45, 7) is 0.715. The molecule has 0 spiro atoms. The normalized spacial score (nSPS) is 12.2. The van der Waals surface area contributed by atoms with Crippen molar-refractivity contribution in [2.24, 2.45) is 22.9 Å². The average molecular weight is 484 g/mol. The maximum Gasteiger partial charge on any atom is 0.333 e. The highest BCUT2D eigenvalue weighted by atomic mass is 16.4. The third kappa shape index (κ3) is 28.3. The highest BCUT2D eigenvalue weighted by molar-refractivity contribution is 5.79. The largest absolute Gasteiger partial charge is 0.481 e. The number of amides is 4. The van der Waals surface area contributed by atoms with Gasteiger partial charge in [0.25, 0.3) is 0 Å². The Morgan fingerprint density at radius 3 is 1.18 bits per heavy atom. The van der Waals surface area contributed by atoms with Crippen LogP contribution in [0, 0.1) is 0 Å². The fourth-order valence-corrected chi connectivity index (χ4v) is 1.57. The highest BCUT2D eigenvalue weighted by Crippen LogP contribution is 1.93. The lowest BCUT2D eigenvalue weighted by molar-refractivity contribution is -0.152. The summed E-state index contributed by atoms with van der Waals surface area (Å²) in [6.07, 6.45) is -0.865. The van der Waals surface area contributed by atoms with Gasteiger partial charge in [-0.1, -0.05) is 0 Å². The number of aliphatic hydroxyl groups is 1. The number of urea groups is 2. The molecule has 17 nitrogen and oxygen atoms in total. The van der Waals surface area contributed by atoms with E-state index in [0.29, 0.717) is 38.8 Å². The lowest BCUT2D eigenvalue weighted by atomic mass is 10.2. The standard InChI is InChI=1S/2C6H13N3O3.C4H6O5/c2*7-4(5(10)11)2-1-3-9-6(8)12;5-2(4(8)9)1-3(6)7/h2*4H,1-3,7H2,(H,10,11)(H3,8,9,12);2,5H,1H2,(H,6,7)(H,8,9)/t2*4-;/m00./s1. The molecular weight excluding hydrogens is 452 g/mol. The number of carbonyl (C=O) groups is 6. The molecular formula is C16H32N6O11. The predicted octanol–water partition coefficient (Wildman–Crippen LogP) is -3.40. The zero-order chi connectivity index (χ0) is 26.6. The number of rotatable bonds is 13. The van der Waals surface area contributed by atoms with Gasteiger partial charge in [-0.05, 0) is 25.7 Å². The molecule has 0 rings (SSSR count). The summed E-state index contributed by atoms with van der Waals surface area (Å²) < 4.78 is 0. The zero-order valence-corrected chi connectivity index (χ0v) is 17.7. The Morgan fingerprint density at radius 1 is 0.667 bits per heavy atom. The van der Waals surface area contributed by atoms with Crippen LogP contribution in [0.25, 0.3) is 0 Å². The summed E-state index contributed by atoms with van der Waals surface area (Å²) in [4.78, 5) is 60.1. The smallest absolute Gasteiger partial charge is 0.333 e. The van der Waals surface area contributed by atoms with Gasteiger partial charge in [-0.25, -0.2) is 14.4 Å². The van der Waals surface area contributed by atoms with Gasteiger partial charge in [-0.3, -0.25) is 14.4 Å². The second kappa shape index (κ2) is 20.2. The summed E-state index contributed by atoms with van der Waals surface area (Å²) in [5, 5.41) is 45.5. The van der Waals surface area contributed by atoms with Gasteiger partial charge in [-0.15, -0.1) is 0 Å². The summed E-state index contributed by atoms with van der Waals surface area (Å²) >= 11 is 0. The second-order valence-corrected chi connectivity index (χ2v) is 6.21. The van der Waals surface area contributed by atoms with E-state index in [-0.39, 0.29) is 0 Å². The molecule has 0 aliphatic rings. The van der Waals surface area contributed by atoms with Crippen molar-refractivity contribution in [1.29, 1.82) is 0 Å². The van der Waals surface area contributed by atoms with E-state index in [0.717, 1.165) is 0 Å². The maximum atomic E-state index is 10.2. The van der Waals surface area contributed by atoms with Gasteiger partial charge >= 0.3 is 35.9 Å². The van der Waals surface area contributed by atoms with Crippen LogP contribution in [0.5, 0.6) is 0 Å². The van der Waals surface area contributed by atoms with Gasteiger partial charge < -0.3 is 59.1 Å². The lowest BCUT2D eigenvalue weighted by Gasteiger charge is -2.05. The zero-order valence-electron chi connectivity index (χ0n) is 17.7. The lowest BCUT2D eigenvalue weighted by Crippen LogP contribution is -2.33. The molecule has 0 aliphatic carbocycles. The Labute approximate surface area is 188 Å². The molecule has 0 aromatic heterocycles. The van der Waals surface area contributed by atoms with Crippen molar-refractivity contribution >= 4 is 35.9 Å². The summed E-state index contributed by atoms with van der Waals surface area (Å²) in [5.74, 6) is -4.91. The van der Waals surface area contributed by atoms with Crippen LogP contribution >= 0.6 is 0 Å².